The first-order valence-electron chi connectivity index (χ1n) is 11.2. The van der Waals surface area contributed by atoms with Crippen LogP contribution in [0.2, 0.25) is 0 Å². The average Bonchev–Trinajstić information content (AvgIpc) is 3.21. The molecule has 2 aliphatic heterocycles. The Morgan fingerprint density at radius 1 is 1.10 bits per heavy atom. The van der Waals surface area contributed by atoms with Gasteiger partial charge < -0.3 is 14.5 Å². The fourth-order valence-corrected chi connectivity index (χ4v) is 5.77. The Bertz CT molecular complexity index is 721. The molecule has 29 heavy (non-hydrogen) atoms. The highest BCUT2D eigenvalue weighted by molar-refractivity contribution is 7.14. The zero-order valence-corrected chi connectivity index (χ0v) is 18.3. The van der Waals surface area contributed by atoms with Gasteiger partial charge in [-0.05, 0) is 43.9 Å². The number of nitrogens with zero attached hydrogens (tertiary/aromatic N) is 3. The molecule has 3 aliphatic rings. The van der Waals surface area contributed by atoms with Crippen LogP contribution in [-0.2, 0) is 22.4 Å². The SMILES string of the molecule is CCCCN1CCN(C(=O)[C@@H]2CCc3sc(C(=O)N4CCOCC4)cc3C2)CC1. The lowest BCUT2D eigenvalue weighted by Gasteiger charge is -2.37. The molecular weight excluding hydrogens is 386 g/mol. The largest absolute Gasteiger partial charge is 0.378 e. The van der Waals surface area contributed by atoms with E-state index in [2.05, 4.69) is 22.8 Å². The highest BCUT2D eigenvalue weighted by Crippen LogP contribution is 2.34. The normalized spacial score (nSPS) is 23.1. The maximum Gasteiger partial charge on any atom is 0.264 e. The molecule has 2 amide bonds. The molecule has 0 radical (unpaired) electrons. The molecule has 3 heterocycles. The van der Waals surface area contributed by atoms with Crippen LogP contribution in [0.25, 0.3) is 0 Å². The highest BCUT2D eigenvalue weighted by atomic mass is 32.1. The Morgan fingerprint density at radius 3 is 2.59 bits per heavy atom. The molecule has 1 atom stereocenters. The van der Waals surface area contributed by atoms with Gasteiger partial charge in [0.05, 0.1) is 18.1 Å². The lowest BCUT2D eigenvalue weighted by atomic mass is 9.87. The molecule has 160 valence electrons. The van der Waals surface area contributed by atoms with Crippen LogP contribution in [0.4, 0.5) is 0 Å². The summed E-state index contributed by atoms with van der Waals surface area (Å²) in [7, 11) is 0. The molecule has 7 heteroatoms. The summed E-state index contributed by atoms with van der Waals surface area (Å²) in [4.78, 5) is 34.5. The van der Waals surface area contributed by atoms with E-state index < -0.39 is 0 Å². The van der Waals surface area contributed by atoms with Crippen molar-refractivity contribution >= 4 is 23.2 Å². The number of unbranched alkanes of at least 4 members (excludes halogenated alkanes) is 1. The minimum atomic E-state index is 0.0747. The second kappa shape index (κ2) is 9.58. The Balaban J connectivity index is 1.33. The first-order valence-corrected chi connectivity index (χ1v) is 12.0. The van der Waals surface area contributed by atoms with Crippen LogP contribution in [0.5, 0.6) is 0 Å². The maximum atomic E-state index is 13.1. The van der Waals surface area contributed by atoms with Crippen molar-refractivity contribution in [3.63, 3.8) is 0 Å². The zero-order valence-electron chi connectivity index (χ0n) is 17.5. The van der Waals surface area contributed by atoms with Gasteiger partial charge in [0.25, 0.3) is 5.91 Å². The second-order valence-corrected chi connectivity index (χ2v) is 9.56. The molecule has 0 aromatic carbocycles. The van der Waals surface area contributed by atoms with Gasteiger partial charge in [0.1, 0.15) is 0 Å². The predicted octanol–water partition coefficient (Wildman–Crippen LogP) is 2.27. The van der Waals surface area contributed by atoms with Crippen molar-refractivity contribution in [1.82, 2.24) is 14.7 Å². The van der Waals surface area contributed by atoms with Gasteiger partial charge in [0, 0.05) is 50.1 Å². The summed E-state index contributed by atoms with van der Waals surface area (Å²) >= 11 is 1.63. The first kappa shape index (κ1) is 20.8. The van der Waals surface area contributed by atoms with Gasteiger partial charge in [0.15, 0.2) is 0 Å². The number of carbonyl (C=O) groups excluding carboxylic acids is 2. The third kappa shape index (κ3) is 4.84. The van der Waals surface area contributed by atoms with E-state index in [9.17, 15) is 9.59 Å². The molecule has 0 bridgehead atoms. The molecular formula is C22H33N3O3S. The summed E-state index contributed by atoms with van der Waals surface area (Å²) in [5.74, 6) is 0.516. The van der Waals surface area contributed by atoms with Gasteiger partial charge in [-0.25, -0.2) is 0 Å². The van der Waals surface area contributed by atoms with Crippen LogP contribution in [0.3, 0.4) is 0 Å². The molecule has 2 fully saturated rings. The lowest BCUT2D eigenvalue weighted by Crippen LogP contribution is -2.51. The number of amides is 2. The second-order valence-electron chi connectivity index (χ2n) is 8.42. The Hall–Kier alpha value is -1.44. The van der Waals surface area contributed by atoms with Crippen LogP contribution in [0, 0.1) is 5.92 Å². The topological polar surface area (TPSA) is 53.1 Å². The number of carbonyl (C=O) groups is 2. The maximum absolute atomic E-state index is 13.1. The Morgan fingerprint density at radius 2 is 1.86 bits per heavy atom. The minimum Gasteiger partial charge on any atom is -0.378 e. The Kier molecular flexibility index (Phi) is 6.88. The van der Waals surface area contributed by atoms with Crippen LogP contribution in [0.15, 0.2) is 6.07 Å². The van der Waals surface area contributed by atoms with Gasteiger partial charge in [-0.2, -0.15) is 0 Å². The van der Waals surface area contributed by atoms with E-state index in [-0.39, 0.29) is 11.8 Å². The lowest BCUT2D eigenvalue weighted by molar-refractivity contribution is -0.137. The molecule has 0 unspecified atom stereocenters. The number of morpholine rings is 1. The fraction of sp³-hybridized carbons (Fsp3) is 0.727. The quantitative estimate of drug-likeness (QED) is 0.735. The van der Waals surface area contributed by atoms with E-state index in [0.717, 1.165) is 56.9 Å². The third-order valence-electron chi connectivity index (χ3n) is 6.45. The summed E-state index contributed by atoms with van der Waals surface area (Å²) in [5.41, 5.74) is 1.22. The van der Waals surface area contributed by atoms with Gasteiger partial charge >= 0.3 is 0 Å². The van der Waals surface area contributed by atoms with Crippen LogP contribution < -0.4 is 0 Å². The zero-order chi connectivity index (χ0) is 20.2. The number of thiophene rings is 1. The summed E-state index contributed by atoms with van der Waals surface area (Å²) in [6.07, 6.45) is 5.08. The van der Waals surface area contributed by atoms with E-state index in [4.69, 9.17) is 4.74 Å². The number of aryl methyl sites for hydroxylation is 1. The first-order chi connectivity index (χ1) is 14.2. The van der Waals surface area contributed by atoms with Crippen LogP contribution in [-0.4, -0.2) is 85.5 Å². The van der Waals surface area contributed by atoms with Crippen molar-refractivity contribution < 1.29 is 14.3 Å². The number of hydrogen-bond acceptors (Lipinski definition) is 5. The van der Waals surface area contributed by atoms with E-state index in [1.54, 1.807) is 11.3 Å². The Labute approximate surface area is 177 Å². The van der Waals surface area contributed by atoms with E-state index in [1.165, 1.54) is 23.3 Å². The third-order valence-corrected chi connectivity index (χ3v) is 7.68. The fourth-order valence-electron chi connectivity index (χ4n) is 4.59. The molecule has 4 rings (SSSR count). The van der Waals surface area contributed by atoms with Crippen molar-refractivity contribution in [3.8, 4) is 0 Å². The average molecular weight is 420 g/mol. The minimum absolute atomic E-state index is 0.0747. The molecule has 0 N–H and O–H groups in total. The molecule has 1 aromatic rings. The van der Waals surface area contributed by atoms with Crippen molar-refractivity contribution in [3.05, 3.63) is 21.4 Å². The van der Waals surface area contributed by atoms with E-state index in [1.807, 2.05) is 4.90 Å². The van der Waals surface area contributed by atoms with Crippen molar-refractivity contribution in [1.29, 1.82) is 0 Å². The number of piperazine rings is 1. The van der Waals surface area contributed by atoms with Crippen molar-refractivity contribution in [2.45, 2.75) is 39.0 Å². The van der Waals surface area contributed by atoms with Crippen molar-refractivity contribution in [2.24, 2.45) is 5.92 Å². The van der Waals surface area contributed by atoms with Gasteiger partial charge in [-0.15, -0.1) is 11.3 Å². The monoisotopic (exact) mass is 419 g/mol. The standard InChI is InChI=1S/C22H33N3O3S/c1-2-3-6-23-7-9-24(10-8-23)21(26)17-4-5-19-18(15-17)16-20(29-19)22(27)25-11-13-28-14-12-25/h16-17H,2-15H2,1H3/t17-/m1/s1. The van der Waals surface area contributed by atoms with Crippen LogP contribution in [0.1, 0.15) is 46.3 Å². The number of ether oxygens (including phenoxy) is 1. The molecule has 0 saturated carbocycles. The van der Waals surface area contributed by atoms with E-state index in [0.29, 0.717) is 32.2 Å². The smallest absolute Gasteiger partial charge is 0.264 e. The van der Waals surface area contributed by atoms with Gasteiger partial charge in [-0.1, -0.05) is 13.3 Å². The van der Waals surface area contributed by atoms with Crippen LogP contribution >= 0.6 is 11.3 Å². The van der Waals surface area contributed by atoms with Gasteiger partial charge in [0.2, 0.25) is 5.91 Å². The van der Waals surface area contributed by atoms with Crippen molar-refractivity contribution in [2.75, 3.05) is 59.0 Å². The van der Waals surface area contributed by atoms with E-state index >= 15 is 0 Å². The summed E-state index contributed by atoms with van der Waals surface area (Å²) < 4.78 is 5.36. The summed E-state index contributed by atoms with van der Waals surface area (Å²) in [5, 5.41) is 0. The summed E-state index contributed by atoms with van der Waals surface area (Å²) in [6, 6.07) is 2.06. The molecule has 1 aromatic heterocycles. The molecule has 1 aliphatic carbocycles. The number of rotatable bonds is 5. The molecule has 2 saturated heterocycles. The number of fused-ring (bicyclic) bond motifs is 1. The molecule has 6 nitrogen and oxygen atoms in total. The predicted molar refractivity (Wildman–Crippen MR) is 114 cm³/mol. The van der Waals surface area contributed by atoms with Gasteiger partial charge in [-0.3, -0.25) is 14.5 Å². The summed E-state index contributed by atoms with van der Waals surface area (Å²) in [6.45, 7) is 9.69. The molecule has 0 spiro atoms. The highest BCUT2D eigenvalue weighted by Gasteiger charge is 2.32. The number of hydrogen-bond donors (Lipinski definition) is 0.